The van der Waals surface area contributed by atoms with E-state index in [0.29, 0.717) is 11.1 Å². The minimum atomic E-state index is -0.335. The van der Waals surface area contributed by atoms with Crippen molar-refractivity contribution in [1.82, 2.24) is 0 Å². The van der Waals surface area contributed by atoms with Gasteiger partial charge in [-0.15, -0.1) is 0 Å². The molecule has 0 unspecified atom stereocenters. The molecule has 0 atom stereocenters. The van der Waals surface area contributed by atoms with Crippen LogP contribution >= 0.6 is 0 Å². The molecule has 0 aliphatic heterocycles. The molecule has 0 aromatic heterocycles. The molecule has 0 amide bonds. The largest absolute Gasteiger partial charge is 0.465 e. The third kappa shape index (κ3) is 3.77. The summed E-state index contributed by atoms with van der Waals surface area (Å²) < 4.78 is 9.46. The lowest BCUT2D eigenvalue weighted by molar-refractivity contribution is 0.0592. The molecule has 0 spiro atoms. The Hall–Kier alpha value is -2.62. The second kappa shape index (κ2) is 7.09. The fraction of sp³-hybridized carbons (Fsp3) is 0.263. The Labute approximate surface area is 136 Å². The Morgan fingerprint density at radius 2 is 1.17 bits per heavy atom. The third-order valence-electron chi connectivity index (χ3n) is 3.91. The van der Waals surface area contributed by atoms with Crippen molar-refractivity contribution in [1.29, 1.82) is 0 Å². The number of aryl methyl sites for hydroxylation is 2. The average Bonchev–Trinajstić information content (AvgIpc) is 2.56. The van der Waals surface area contributed by atoms with Gasteiger partial charge in [-0.25, -0.2) is 9.59 Å². The molecule has 0 saturated carbocycles. The first-order valence-electron chi connectivity index (χ1n) is 7.32. The molecule has 0 bridgehead atoms. The van der Waals surface area contributed by atoms with E-state index in [-0.39, 0.29) is 11.9 Å². The first kappa shape index (κ1) is 16.7. The Morgan fingerprint density at radius 3 is 1.48 bits per heavy atom. The van der Waals surface area contributed by atoms with Crippen LogP contribution in [0.1, 0.15) is 43.0 Å². The molecule has 4 heteroatoms. The molecular weight excluding hydrogens is 292 g/mol. The standard InChI is InChI=1S/C19H20O4/c1-12-9-16(18(20)22-3)7-5-14(12)11-15-6-8-17(10-13(15)2)19(21)23-4/h5-10H,11H2,1-4H3. The summed E-state index contributed by atoms with van der Waals surface area (Å²) in [5.74, 6) is -0.670. The highest BCUT2D eigenvalue weighted by Gasteiger charge is 2.11. The van der Waals surface area contributed by atoms with Gasteiger partial charge in [0.05, 0.1) is 25.3 Å². The molecule has 2 rings (SSSR count). The summed E-state index contributed by atoms with van der Waals surface area (Å²) in [4.78, 5) is 23.1. The van der Waals surface area contributed by atoms with E-state index in [4.69, 9.17) is 9.47 Å². The minimum Gasteiger partial charge on any atom is -0.465 e. The summed E-state index contributed by atoms with van der Waals surface area (Å²) >= 11 is 0. The van der Waals surface area contributed by atoms with E-state index < -0.39 is 0 Å². The molecule has 2 aromatic carbocycles. The molecule has 120 valence electrons. The van der Waals surface area contributed by atoms with Crippen LogP contribution in [0.4, 0.5) is 0 Å². The number of hydrogen-bond donors (Lipinski definition) is 0. The molecule has 4 nitrogen and oxygen atoms in total. The predicted molar refractivity (Wildman–Crippen MR) is 87.8 cm³/mol. The summed E-state index contributed by atoms with van der Waals surface area (Å²) in [5.41, 5.74) is 5.42. The second-order valence-corrected chi connectivity index (χ2v) is 5.44. The van der Waals surface area contributed by atoms with Gasteiger partial charge in [0.15, 0.2) is 0 Å². The van der Waals surface area contributed by atoms with Crippen LogP contribution in [0.15, 0.2) is 36.4 Å². The van der Waals surface area contributed by atoms with Crippen LogP contribution in [-0.4, -0.2) is 26.2 Å². The molecule has 0 saturated heterocycles. The van der Waals surface area contributed by atoms with Gasteiger partial charge < -0.3 is 9.47 Å². The zero-order valence-electron chi connectivity index (χ0n) is 13.8. The monoisotopic (exact) mass is 312 g/mol. The summed E-state index contributed by atoms with van der Waals surface area (Å²) in [6.07, 6.45) is 0.737. The Kier molecular flexibility index (Phi) is 5.16. The fourth-order valence-corrected chi connectivity index (χ4v) is 2.48. The first-order chi connectivity index (χ1) is 11.0. The molecule has 0 aliphatic carbocycles. The zero-order chi connectivity index (χ0) is 17.0. The van der Waals surface area contributed by atoms with E-state index in [9.17, 15) is 9.59 Å². The number of carbonyl (C=O) groups is 2. The van der Waals surface area contributed by atoms with Gasteiger partial charge in [-0.1, -0.05) is 12.1 Å². The smallest absolute Gasteiger partial charge is 0.337 e. The SMILES string of the molecule is COC(=O)c1ccc(Cc2ccc(C(=O)OC)cc2C)c(C)c1. The van der Waals surface area contributed by atoms with Crippen molar-refractivity contribution in [2.75, 3.05) is 14.2 Å². The van der Waals surface area contributed by atoms with Crippen LogP contribution < -0.4 is 0 Å². The van der Waals surface area contributed by atoms with Crippen LogP contribution in [0.5, 0.6) is 0 Å². The average molecular weight is 312 g/mol. The highest BCUT2D eigenvalue weighted by atomic mass is 16.5. The molecule has 0 fully saturated rings. The van der Waals surface area contributed by atoms with Gasteiger partial charge in [0.25, 0.3) is 0 Å². The number of ether oxygens (including phenoxy) is 2. The predicted octanol–water partition coefficient (Wildman–Crippen LogP) is 3.47. The van der Waals surface area contributed by atoms with E-state index in [1.165, 1.54) is 14.2 Å². The molecular formula is C19H20O4. The number of methoxy groups -OCH3 is 2. The molecule has 0 heterocycles. The van der Waals surface area contributed by atoms with Crippen molar-refractivity contribution in [3.05, 3.63) is 69.8 Å². The van der Waals surface area contributed by atoms with Gasteiger partial charge in [-0.05, 0) is 66.8 Å². The first-order valence-corrected chi connectivity index (χ1v) is 7.32. The molecule has 23 heavy (non-hydrogen) atoms. The zero-order valence-corrected chi connectivity index (χ0v) is 13.8. The summed E-state index contributed by atoms with van der Waals surface area (Å²) in [7, 11) is 2.75. The molecule has 0 aliphatic rings. The van der Waals surface area contributed by atoms with Crippen molar-refractivity contribution >= 4 is 11.9 Å². The lowest BCUT2D eigenvalue weighted by atomic mass is 9.95. The maximum atomic E-state index is 11.6. The summed E-state index contributed by atoms with van der Waals surface area (Å²) in [5, 5.41) is 0. The highest BCUT2D eigenvalue weighted by Crippen LogP contribution is 2.20. The van der Waals surface area contributed by atoms with E-state index in [1.54, 1.807) is 12.1 Å². The molecule has 0 radical (unpaired) electrons. The minimum absolute atomic E-state index is 0.335. The van der Waals surface area contributed by atoms with Crippen LogP contribution in [-0.2, 0) is 15.9 Å². The van der Waals surface area contributed by atoms with Gasteiger partial charge in [0, 0.05) is 0 Å². The number of hydrogen-bond acceptors (Lipinski definition) is 4. The topological polar surface area (TPSA) is 52.6 Å². The Balaban J connectivity index is 2.26. The second-order valence-electron chi connectivity index (χ2n) is 5.44. The normalized spacial score (nSPS) is 10.3. The van der Waals surface area contributed by atoms with Crippen LogP contribution in [0, 0.1) is 13.8 Å². The maximum absolute atomic E-state index is 11.6. The lowest BCUT2D eigenvalue weighted by Crippen LogP contribution is -2.04. The number of benzene rings is 2. The molecule has 0 N–H and O–H groups in total. The summed E-state index contributed by atoms with van der Waals surface area (Å²) in [6.45, 7) is 3.94. The number of rotatable bonds is 4. The Bertz CT molecular complexity index is 684. The van der Waals surface area contributed by atoms with Crippen molar-refractivity contribution < 1.29 is 19.1 Å². The van der Waals surface area contributed by atoms with Crippen LogP contribution in [0.2, 0.25) is 0 Å². The van der Waals surface area contributed by atoms with Crippen LogP contribution in [0.3, 0.4) is 0 Å². The Morgan fingerprint density at radius 1 is 0.783 bits per heavy atom. The number of carbonyl (C=O) groups excluding carboxylic acids is 2. The van der Waals surface area contributed by atoms with Gasteiger partial charge in [0.2, 0.25) is 0 Å². The van der Waals surface area contributed by atoms with Gasteiger partial charge in [-0.3, -0.25) is 0 Å². The van der Waals surface area contributed by atoms with E-state index in [1.807, 2.05) is 38.1 Å². The van der Waals surface area contributed by atoms with Crippen molar-refractivity contribution in [2.24, 2.45) is 0 Å². The quantitative estimate of drug-likeness (QED) is 0.811. The van der Waals surface area contributed by atoms with Gasteiger partial charge in [-0.2, -0.15) is 0 Å². The highest BCUT2D eigenvalue weighted by molar-refractivity contribution is 5.90. The fourth-order valence-electron chi connectivity index (χ4n) is 2.48. The van der Waals surface area contributed by atoms with Gasteiger partial charge >= 0.3 is 11.9 Å². The third-order valence-corrected chi connectivity index (χ3v) is 3.91. The van der Waals surface area contributed by atoms with Crippen LogP contribution in [0.25, 0.3) is 0 Å². The van der Waals surface area contributed by atoms with Crippen molar-refractivity contribution in [2.45, 2.75) is 20.3 Å². The van der Waals surface area contributed by atoms with Crippen molar-refractivity contribution in [3.63, 3.8) is 0 Å². The summed E-state index contributed by atoms with van der Waals surface area (Å²) in [6, 6.07) is 11.1. The van der Waals surface area contributed by atoms with E-state index >= 15 is 0 Å². The van der Waals surface area contributed by atoms with E-state index in [2.05, 4.69) is 0 Å². The van der Waals surface area contributed by atoms with E-state index in [0.717, 1.165) is 28.7 Å². The van der Waals surface area contributed by atoms with Gasteiger partial charge in [0.1, 0.15) is 0 Å². The lowest BCUT2D eigenvalue weighted by Gasteiger charge is -2.11. The molecule has 2 aromatic rings. The maximum Gasteiger partial charge on any atom is 0.337 e. The van der Waals surface area contributed by atoms with Crippen molar-refractivity contribution in [3.8, 4) is 0 Å². The number of esters is 2.